The third kappa shape index (κ3) is 4.35. The molecule has 0 spiro atoms. The van der Waals surface area contributed by atoms with Gasteiger partial charge in [0.05, 0.1) is 13.2 Å². The number of aromatic amines is 1. The van der Waals surface area contributed by atoms with Crippen LogP contribution in [0.15, 0.2) is 36.5 Å². The lowest BCUT2D eigenvalue weighted by molar-refractivity contribution is 0.0319. The van der Waals surface area contributed by atoms with E-state index in [9.17, 15) is 4.79 Å². The van der Waals surface area contributed by atoms with E-state index in [2.05, 4.69) is 15.1 Å². The molecule has 1 saturated heterocycles. The van der Waals surface area contributed by atoms with Crippen molar-refractivity contribution in [2.45, 2.75) is 6.54 Å². The number of benzene rings is 1. The zero-order chi connectivity index (χ0) is 16.8. The number of H-pyrrole nitrogens is 1. The van der Waals surface area contributed by atoms with Gasteiger partial charge in [0.2, 0.25) is 0 Å². The molecule has 0 bridgehead atoms. The Labute approximate surface area is 146 Å². The summed E-state index contributed by atoms with van der Waals surface area (Å²) >= 11 is 6.26. The van der Waals surface area contributed by atoms with E-state index in [1.807, 2.05) is 29.2 Å². The molecule has 1 amide bonds. The van der Waals surface area contributed by atoms with Crippen LogP contribution in [0, 0.1) is 0 Å². The van der Waals surface area contributed by atoms with Gasteiger partial charge in [0.25, 0.3) is 5.91 Å². The van der Waals surface area contributed by atoms with E-state index in [4.69, 9.17) is 16.3 Å². The molecule has 6 nitrogen and oxygen atoms in total. The van der Waals surface area contributed by atoms with Gasteiger partial charge in [-0.05, 0) is 17.7 Å². The van der Waals surface area contributed by atoms with Crippen LogP contribution >= 0.6 is 11.6 Å². The molecule has 7 heteroatoms. The summed E-state index contributed by atoms with van der Waals surface area (Å²) in [4.78, 5) is 16.9. The molecule has 1 aliphatic rings. The number of carbonyl (C=O) groups is 1. The molecule has 1 N–H and O–H groups in total. The zero-order valence-electron chi connectivity index (χ0n) is 13.4. The average Bonchev–Trinajstić information content (AvgIpc) is 3.15. The summed E-state index contributed by atoms with van der Waals surface area (Å²) < 4.78 is 5.37. The molecule has 128 valence electrons. The monoisotopic (exact) mass is 348 g/mol. The molecule has 1 aromatic carbocycles. The lowest BCUT2D eigenvalue weighted by Gasteiger charge is -2.30. The predicted molar refractivity (Wildman–Crippen MR) is 92.0 cm³/mol. The Bertz CT molecular complexity index is 656. The first-order valence-corrected chi connectivity index (χ1v) is 8.44. The van der Waals surface area contributed by atoms with Crippen LogP contribution < -0.4 is 0 Å². The molecule has 1 aromatic heterocycles. The van der Waals surface area contributed by atoms with Crippen LogP contribution in [0.5, 0.6) is 0 Å². The van der Waals surface area contributed by atoms with Crippen LogP contribution in [0.2, 0.25) is 5.02 Å². The van der Waals surface area contributed by atoms with Crippen molar-refractivity contribution >= 4 is 17.5 Å². The molecule has 0 radical (unpaired) electrons. The summed E-state index contributed by atoms with van der Waals surface area (Å²) in [5, 5.41) is 7.30. The van der Waals surface area contributed by atoms with Crippen LogP contribution in [-0.2, 0) is 11.3 Å². The Morgan fingerprint density at radius 1 is 1.29 bits per heavy atom. The van der Waals surface area contributed by atoms with E-state index in [0.29, 0.717) is 23.8 Å². The van der Waals surface area contributed by atoms with Crippen molar-refractivity contribution in [1.82, 2.24) is 20.0 Å². The summed E-state index contributed by atoms with van der Waals surface area (Å²) in [7, 11) is 0. The quantitative estimate of drug-likeness (QED) is 0.867. The number of amides is 1. The number of ether oxygens (including phenoxy) is 1. The Balaban J connectivity index is 1.70. The van der Waals surface area contributed by atoms with Gasteiger partial charge in [-0.15, -0.1) is 0 Å². The third-order valence-electron chi connectivity index (χ3n) is 4.13. The lowest BCUT2D eigenvalue weighted by atomic mass is 10.2. The summed E-state index contributed by atoms with van der Waals surface area (Å²) in [5.74, 6) is -0.0688. The molecule has 0 saturated carbocycles. The third-order valence-corrected chi connectivity index (χ3v) is 4.50. The summed E-state index contributed by atoms with van der Waals surface area (Å²) in [5.41, 5.74) is 1.43. The fourth-order valence-electron chi connectivity index (χ4n) is 2.72. The smallest absolute Gasteiger partial charge is 0.272 e. The molecule has 3 rings (SSSR count). The second-order valence-electron chi connectivity index (χ2n) is 5.74. The number of nitrogens with zero attached hydrogens (tertiary/aromatic N) is 3. The Morgan fingerprint density at radius 3 is 2.79 bits per heavy atom. The number of rotatable bonds is 6. The Morgan fingerprint density at radius 2 is 2.08 bits per heavy atom. The van der Waals surface area contributed by atoms with Gasteiger partial charge in [0, 0.05) is 43.9 Å². The molecule has 24 heavy (non-hydrogen) atoms. The van der Waals surface area contributed by atoms with Crippen LogP contribution in [-0.4, -0.2) is 65.3 Å². The second-order valence-corrected chi connectivity index (χ2v) is 6.15. The van der Waals surface area contributed by atoms with Gasteiger partial charge in [0.1, 0.15) is 5.69 Å². The highest BCUT2D eigenvalue weighted by Crippen LogP contribution is 2.18. The standard InChI is InChI=1S/C17H21ClN4O2/c18-15-4-2-1-3-14(15)13-22(17(23)16-5-6-19-20-16)8-7-21-9-11-24-12-10-21/h1-6H,7-13H2,(H,19,20). The highest BCUT2D eigenvalue weighted by Gasteiger charge is 2.20. The minimum Gasteiger partial charge on any atom is -0.379 e. The van der Waals surface area contributed by atoms with Gasteiger partial charge in [-0.3, -0.25) is 14.8 Å². The van der Waals surface area contributed by atoms with E-state index in [1.54, 1.807) is 12.3 Å². The van der Waals surface area contributed by atoms with Crippen molar-refractivity contribution in [3.05, 3.63) is 52.8 Å². The maximum absolute atomic E-state index is 12.8. The maximum atomic E-state index is 12.8. The molecule has 1 aliphatic heterocycles. The number of nitrogens with one attached hydrogen (secondary N) is 1. The van der Waals surface area contributed by atoms with E-state index < -0.39 is 0 Å². The fourth-order valence-corrected chi connectivity index (χ4v) is 2.91. The van der Waals surface area contributed by atoms with E-state index in [0.717, 1.165) is 38.4 Å². The van der Waals surface area contributed by atoms with Crippen molar-refractivity contribution < 1.29 is 9.53 Å². The normalized spacial score (nSPS) is 15.4. The number of hydrogen-bond acceptors (Lipinski definition) is 4. The van der Waals surface area contributed by atoms with E-state index >= 15 is 0 Å². The predicted octanol–water partition coefficient (Wildman–Crippen LogP) is 2.04. The van der Waals surface area contributed by atoms with Crippen LogP contribution in [0.1, 0.15) is 16.1 Å². The van der Waals surface area contributed by atoms with Crippen molar-refractivity contribution in [2.75, 3.05) is 39.4 Å². The highest BCUT2D eigenvalue weighted by atomic mass is 35.5. The Kier molecular flexibility index (Phi) is 5.85. The van der Waals surface area contributed by atoms with Crippen LogP contribution in [0.25, 0.3) is 0 Å². The molecular formula is C17H21ClN4O2. The topological polar surface area (TPSA) is 61.5 Å². The number of carbonyl (C=O) groups excluding carboxylic acids is 1. The first-order valence-electron chi connectivity index (χ1n) is 8.06. The van der Waals surface area contributed by atoms with Gasteiger partial charge in [-0.2, -0.15) is 5.10 Å². The number of aromatic nitrogens is 2. The molecule has 2 heterocycles. The maximum Gasteiger partial charge on any atom is 0.272 e. The summed E-state index contributed by atoms with van der Waals surface area (Å²) in [6, 6.07) is 9.31. The van der Waals surface area contributed by atoms with Gasteiger partial charge < -0.3 is 9.64 Å². The zero-order valence-corrected chi connectivity index (χ0v) is 14.2. The fraction of sp³-hybridized carbons (Fsp3) is 0.412. The molecule has 2 aromatic rings. The minimum atomic E-state index is -0.0688. The first kappa shape index (κ1) is 17.0. The van der Waals surface area contributed by atoms with Crippen molar-refractivity contribution in [3.63, 3.8) is 0 Å². The lowest BCUT2D eigenvalue weighted by Crippen LogP contribution is -2.43. The van der Waals surface area contributed by atoms with Gasteiger partial charge >= 0.3 is 0 Å². The molecular weight excluding hydrogens is 328 g/mol. The first-order chi connectivity index (χ1) is 11.7. The Hall–Kier alpha value is -1.89. The number of halogens is 1. The highest BCUT2D eigenvalue weighted by molar-refractivity contribution is 6.31. The van der Waals surface area contributed by atoms with Crippen molar-refractivity contribution in [2.24, 2.45) is 0 Å². The minimum absolute atomic E-state index is 0.0688. The SMILES string of the molecule is O=C(c1ccn[nH]1)N(CCN1CCOCC1)Cc1ccccc1Cl. The van der Waals surface area contributed by atoms with Gasteiger partial charge in [0.15, 0.2) is 0 Å². The molecule has 0 unspecified atom stereocenters. The molecule has 0 atom stereocenters. The van der Waals surface area contributed by atoms with E-state index in [-0.39, 0.29) is 5.91 Å². The molecule has 0 aliphatic carbocycles. The average molecular weight is 349 g/mol. The van der Waals surface area contributed by atoms with Gasteiger partial charge in [-0.25, -0.2) is 0 Å². The number of morpholine rings is 1. The van der Waals surface area contributed by atoms with E-state index in [1.165, 1.54) is 0 Å². The largest absolute Gasteiger partial charge is 0.379 e. The van der Waals surface area contributed by atoms with Crippen LogP contribution in [0.3, 0.4) is 0 Å². The van der Waals surface area contributed by atoms with Crippen molar-refractivity contribution in [1.29, 1.82) is 0 Å². The summed E-state index contributed by atoms with van der Waals surface area (Å²) in [6.07, 6.45) is 1.59. The summed E-state index contributed by atoms with van der Waals surface area (Å²) in [6.45, 7) is 5.22. The molecule has 1 fully saturated rings. The van der Waals surface area contributed by atoms with Gasteiger partial charge in [-0.1, -0.05) is 29.8 Å². The van der Waals surface area contributed by atoms with Crippen LogP contribution in [0.4, 0.5) is 0 Å². The number of hydrogen-bond donors (Lipinski definition) is 1. The second kappa shape index (κ2) is 8.28. The van der Waals surface area contributed by atoms with Crippen molar-refractivity contribution in [3.8, 4) is 0 Å².